The Hall–Kier alpha value is -1.83. The average molecular weight is 273 g/mol. The predicted molar refractivity (Wildman–Crippen MR) is 65.4 cm³/mol. The Morgan fingerprint density at radius 1 is 1.21 bits per heavy atom. The summed E-state index contributed by atoms with van der Waals surface area (Å²) in [6.45, 7) is 0.387. The Bertz CT molecular complexity index is 347. The highest BCUT2D eigenvalue weighted by molar-refractivity contribution is 5.86. The molecule has 0 saturated carbocycles. The maximum Gasteiger partial charge on any atom is 0.322 e. The Morgan fingerprint density at radius 3 is 2.58 bits per heavy atom. The minimum Gasteiger partial charge on any atom is -0.480 e. The number of urea groups is 1. The zero-order valence-electron chi connectivity index (χ0n) is 10.6. The van der Waals surface area contributed by atoms with E-state index in [9.17, 15) is 14.4 Å². The zero-order chi connectivity index (χ0) is 14.3. The molecule has 1 heterocycles. The fraction of sp³-hybridized carbons (Fsp3) is 0.727. The van der Waals surface area contributed by atoms with E-state index in [1.54, 1.807) is 4.90 Å². The number of nitrogens with one attached hydrogen (secondary N) is 2. The maximum atomic E-state index is 11.7. The molecule has 19 heavy (non-hydrogen) atoms. The highest BCUT2D eigenvalue weighted by Gasteiger charge is 2.23. The third kappa shape index (κ3) is 5.56. The number of amides is 3. The number of aliphatic hydroxyl groups excluding tert-OH is 1. The number of carboxylic acid groups (broad SMARTS) is 1. The van der Waals surface area contributed by atoms with Gasteiger partial charge < -0.3 is 25.7 Å². The van der Waals surface area contributed by atoms with E-state index < -0.39 is 18.4 Å². The number of carbonyl (C=O) groups excluding carboxylic acids is 2. The fourth-order valence-electron chi connectivity index (χ4n) is 1.90. The third-order valence-corrected chi connectivity index (χ3v) is 2.90. The second-order valence-corrected chi connectivity index (χ2v) is 4.47. The van der Waals surface area contributed by atoms with Crippen molar-refractivity contribution < 1.29 is 24.6 Å². The summed E-state index contributed by atoms with van der Waals surface area (Å²) >= 11 is 0. The van der Waals surface area contributed by atoms with Crippen LogP contribution in [-0.4, -0.2) is 65.8 Å². The van der Waals surface area contributed by atoms with Crippen LogP contribution in [0.1, 0.15) is 12.8 Å². The third-order valence-electron chi connectivity index (χ3n) is 2.90. The molecule has 4 N–H and O–H groups in total. The van der Waals surface area contributed by atoms with Crippen LogP contribution < -0.4 is 10.6 Å². The molecule has 1 atom stereocenters. The minimum atomic E-state index is -1.14. The molecule has 1 rings (SSSR count). The lowest BCUT2D eigenvalue weighted by molar-refractivity contribution is -0.137. The molecule has 1 aliphatic heterocycles. The van der Waals surface area contributed by atoms with Crippen molar-refractivity contribution in [2.24, 2.45) is 5.92 Å². The highest BCUT2D eigenvalue weighted by atomic mass is 16.4. The number of piperidine rings is 1. The van der Waals surface area contributed by atoms with Crippen LogP contribution in [0.25, 0.3) is 0 Å². The first-order valence-corrected chi connectivity index (χ1v) is 6.15. The number of aliphatic carboxylic acids is 1. The predicted octanol–water partition coefficient (Wildman–Crippen LogP) is -1.40. The van der Waals surface area contributed by atoms with Crippen LogP contribution in [-0.2, 0) is 9.59 Å². The summed E-state index contributed by atoms with van der Waals surface area (Å²) in [5, 5.41) is 22.0. The van der Waals surface area contributed by atoms with E-state index >= 15 is 0 Å². The van der Waals surface area contributed by atoms with Crippen LogP contribution in [0, 0.1) is 5.92 Å². The van der Waals surface area contributed by atoms with E-state index in [1.165, 1.54) is 0 Å². The molecule has 0 aromatic rings. The molecule has 8 nitrogen and oxygen atoms in total. The molecule has 1 fully saturated rings. The number of rotatable bonds is 5. The maximum absolute atomic E-state index is 11.7. The van der Waals surface area contributed by atoms with Gasteiger partial charge in [-0.2, -0.15) is 0 Å². The van der Waals surface area contributed by atoms with Gasteiger partial charge in [0.25, 0.3) is 0 Å². The van der Waals surface area contributed by atoms with Gasteiger partial charge in [0.1, 0.15) is 6.54 Å². The summed E-state index contributed by atoms with van der Waals surface area (Å²) in [4.78, 5) is 34.7. The first-order chi connectivity index (χ1) is 9.02. The van der Waals surface area contributed by atoms with Crippen molar-refractivity contribution in [1.82, 2.24) is 15.5 Å². The molecule has 8 heteroatoms. The molecule has 3 amide bonds. The van der Waals surface area contributed by atoms with Crippen molar-refractivity contribution in [2.75, 3.05) is 32.8 Å². The molecule has 1 saturated heterocycles. The van der Waals surface area contributed by atoms with Gasteiger partial charge in [-0.25, -0.2) is 4.79 Å². The lowest BCUT2D eigenvalue weighted by Gasteiger charge is -2.31. The first-order valence-electron chi connectivity index (χ1n) is 6.15. The molecule has 1 aliphatic rings. The molecule has 0 bridgehead atoms. The van der Waals surface area contributed by atoms with E-state index in [1.807, 2.05) is 0 Å². The molecule has 0 spiro atoms. The SMILES string of the molecule is O=C(O)CNC(=O)CNC(=O)N1CCCC(CO)C1. The quantitative estimate of drug-likeness (QED) is 0.491. The summed E-state index contributed by atoms with van der Waals surface area (Å²) in [5.41, 5.74) is 0. The Kier molecular flexibility index (Phi) is 6.07. The Morgan fingerprint density at radius 2 is 1.95 bits per heavy atom. The standard InChI is InChI=1S/C11H19N3O5/c15-7-8-2-1-3-14(6-8)11(19)13-4-9(16)12-5-10(17)18/h8,15H,1-7H2,(H,12,16)(H,13,19)(H,17,18). The molecule has 0 aromatic heterocycles. The normalized spacial score (nSPS) is 18.8. The van der Waals surface area contributed by atoms with Crippen LogP contribution in [0.2, 0.25) is 0 Å². The van der Waals surface area contributed by atoms with E-state index in [4.69, 9.17) is 10.2 Å². The second-order valence-electron chi connectivity index (χ2n) is 4.47. The van der Waals surface area contributed by atoms with Gasteiger partial charge in [0.05, 0.1) is 6.54 Å². The number of hydrogen-bond donors (Lipinski definition) is 4. The van der Waals surface area contributed by atoms with E-state index in [0.717, 1.165) is 12.8 Å². The van der Waals surface area contributed by atoms with Gasteiger partial charge >= 0.3 is 12.0 Å². The van der Waals surface area contributed by atoms with Gasteiger partial charge in [0.2, 0.25) is 5.91 Å². The van der Waals surface area contributed by atoms with Crippen molar-refractivity contribution in [3.8, 4) is 0 Å². The van der Waals surface area contributed by atoms with Gasteiger partial charge in [0, 0.05) is 19.7 Å². The number of likely N-dealkylation sites (tertiary alicyclic amines) is 1. The van der Waals surface area contributed by atoms with Gasteiger partial charge in [-0.1, -0.05) is 0 Å². The summed E-state index contributed by atoms with van der Waals surface area (Å²) in [5.74, 6) is -1.60. The van der Waals surface area contributed by atoms with Gasteiger partial charge in [-0.3, -0.25) is 9.59 Å². The Labute approximate surface area is 110 Å². The number of carboxylic acids is 1. The minimum absolute atomic E-state index is 0.0445. The summed E-state index contributed by atoms with van der Waals surface area (Å²) in [6.07, 6.45) is 1.71. The lowest BCUT2D eigenvalue weighted by atomic mass is 9.99. The van der Waals surface area contributed by atoms with E-state index in [-0.39, 0.29) is 25.1 Å². The topological polar surface area (TPSA) is 119 Å². The van der Waals surface area contributed by atoms with Gasteiger partial charge in [-0.05, 0) is 18.8 Å². The molecular weight excluding hydrogens is 254 g/mol. The highest BCUT2D eigenvalue weighted by Crippen LogP contribution is 2.15. The smallest absolute Gasteiger partial charge is 0.322 e. The number of carbonyl (C=O) groups is 3. The second kappa shape index (κ2) is 7.57. The van der Waals surface area contributed by atoms with Crippen LogP contribution in [0.4, 0.5) is 4.79 Å². The molecular formula is C11H19N3O5. The van der Waals surface area contributed by atoms with Crippen molar-refractivity contribution in [2.45, 2.75) is 12.8 Å². The molecule has 0 aliphatic carbocycles. The number of aliphatic hydroxyl groups is 1. The number of nitrogens with zero attached hydrogens (tertiary/aromatic N) is 1. The van der Waals surface area contributed by atoms with Crippen LogP contribution in [0.3, 0.4) is 0 Å². The van der Waals surface area contributed by atoms with E-state index in [2.05, 4.69) is 10.6 Å². The largest absolute Gasteiger partial charge is 0.480 e. The first kappa shape index (κ1) is 15.2. The number of hydrogen-bond acceptors (Lipinski definition) is 4. The van der Waals surface area contributed by atoms with E-state index in [0.29, 0.717) is 13.1 Å². The zero-order valence-corrected chi connectivity index (χ0v) is 10.6. The van der Waals surface area contributed by atoms with Crippen LogP contribution in [0.15, 0.2) is 0 Å². The molecule has 0 radical (unpaired) electrons. The van der Waals surface area contributed by atoms with Crippen molar-refractivity contribution in [1.29, 1.82) is 0 Å². The van der Waals surface area contributed by atoms with Crippen LogP contribution >= 0.6 is 0 Å². The van der Waals surface area contributed by atoms with Crippen molar-refractivity contribution in [3.05, 3.63) is 0 Å². The van der Waals surface area contributed by atoms with Crippen molar-refractivity contribution >= 4 is 17.9 Å². The van der Waals surface area contributed by atoms with Gasteiger partial charge in [-0.15, -0.1) is 0 Å². The lowest BCUT2D eigenvalue weighted by Crippen LogP contribution is -2.48. The molecule has 0 aromatic carbocycles. The average Bonchev–Trinajstić information content (AvgIpc) is 2.42. The molecule has 1 unspecified atom stereocenters. The Balaban J connectivity index is 2.26. The summed E-state index contributed by atoms with van der Waals surface area (Å²) in [7, 11) is 0. The van der Waals surface area contributed by atoms with Crippen molar-refractivity contribution in [3.63, 3.8) is 0 Å². The van der Waals surface area contributed by atoms with Crippen LogP contribution in [0.5, 0.6) is 0 Å². The fourth-order valence-corrected chi connectivity index (χ4v) is 1.90. The monoisotopic (exact) mass is 273 g/mol. The molecule has 108 valence electrons. The van der Waals surface area contributed by atoms with Gasteiger partial charge in [0.15, 0.2) is 0 Å². The summed E-state index contributed by atoms with van der Waals surface area (Å²) < 4.78 is 0. The summed E-state index contributed by atoms with van der Waals surface area (Å²) in [6, 6.07) is -0.372.